The molecule has 348 valence electrons. The molecule has 0 amide bonds. The minimum Gasteiger partial charge on any atom is -0.462 e. The van der Waals surface area contributed by atoms with E-state index in [-0.39, 0.29) is 60.9 Å². The molecule has 1 spiro atoms. The van der Waals surface area contributed by atoms with Gasteiger partial charge in [0.05, 0.1) is 55.4 Å². The SMILES string of the molecule is CCC(C)[C@H]1O[C@]2(C=C[C@@H]1C)C[C@@H]1C[C@@H](C/C=C(\C)[C@@H](O[C@H]3C[C@H](OC)[C@@H](O[C@H]4C[C@H](OC)[C@H](N)[C@H](C)O4)[C@H](C)O3)[C@@H](C)/C=C/C=C3\CO[C@@H]4[C@H](O)C(C)=C[C@@H](C(=O)O1)[C@]34O)O2. The van der Waals surface area contributed by atoms with Crippen LogP contribution in [0.1, 0.15) is 93.9 Å². The first-order chi connectivity index (χ1) is 29.5. The minimum atomic E-state index is -1.83. The lowest BCUT2D eigenvalue weighted by atomic mass is 9.71. The maximum absolute atomic E-state index is 14.4. The number of allylic oxidation sites excluding steroid dienone is 2. The largest absolute Gasteiger partial charge is 0.462 e. The van der Waals surface area contributed by atoms with E-state index in [1.807, 2.05) is 32.1 Å². The highest BCUT2D eigenvalue weighted by Crippen LogP contribution is 2.47. The van der Waals surface area contributed by atoms with Gasteiger partial charge in [-0.15, -0.1) is 0 Å². The van der Waals surface area contributed by atoms with Gasteiger partial charge in [-0.25, -0.2) is 0 Å². The lowest BCUT2D eigenvalue weighted by Gasteiger charge is -2.48. The van der Waals surface area contributed by atoms with Crippen LogP contribution in [-0.2, 0) is 52.2 Å². The maximum Gasteiger partial charge on any atom is 0.316 e. The fourth-order valence-corrected chi connectivity index (χ4v) is 10.6. The highest BCUT2D eigenvalue weighted by Gasteiger charge is 2.60. The molecule has 0 aromatic rings. The number of esters is 1. The molecule has 0 saturated carbocycles. The normalized spacial score (nSPS) is 49.1. The van der Waals surface area contributed by atoms with Gasteiger partial charge in [0.25, 0.3) is 0 Å². The predicted molar refractivity (Wildman–Crippen MR) is 229 cm³/mol. The lowest BCUT2D eigenvalue weighted by Crippen LogP contribution is -2.58. The molecule has 7 aliphatic rings. The van der Waals surface area contributed by atoms with Crippen molar-refractivity contribution in [1.82, 2.24) is 0 Å². The molecular weight excluding hydrogens is 799 g/mol. The molecule has 1 aliphatic carbocycles. The number of nitrogens with two attached hydrogens (primary N) is 1. The lowest BCUT2D eigenvalue weighted by molar-refractivity contribution is -0.311. The van der Waals surface area contributed by atoms with Crippen molar-refractivity contribution in [2.24, 2.45) is 29.4 Å². The van der Waals surface area contributed by atoms with E-state index >= 15 is 0 Å². The van der Waals surface area contributed by atoms with Crippen LogP contribution in [0.4, 0.5) is 0 Å². The van der Waals surface area contributed by atoms with Gasteiger partial charge in [-0.1, -0.05) is 70.6 Å². The zero-order valence-corrected chi connectivity index (χ0v) is 38.3. The summed E-state index contributed by atoms with van der Waals surface area (Å²) < 4.78 is 64.1. The van der Waals surface area contributed by atoms with Gasteiger partial charge in [-0.2, -0.15) is 0 Å². The Kier molecular flexibility index (Phi) is 15.1. The highest BCUT2D eigenvalue weighted by molar-refractivity contribution is 5.78. The second kappa shape index (κ2) is 19.7. The van der Waals surface area contributed by atoms with Gasteiger partial charge >= 0.3 is 5.97 Å². The summed E-state index contributed by atoms with van der Waals surface area (Å²) in [5.74, 6) is -2.53. The van der Waals surface area contributed by atoms with Crippen LogP contribution in [0.2, 0.25) is 0 Å². The van der Waals surface area contributed by atoms with Gasteiger partial charge in [0.15, 0.2) is 18.4 Å². The standard InChI is InChI=1S/C48H73NO13/c1-11-25(2)43-28(5)17-18-47(62-43)23-34-20-33(61-47)16-15-27(4)42(26(3)13-12-14-32-24-55-45-41(50)29(6)19-35(46(51)58-34)48(32,45)52)59-39-22-37(54-10)44(31(8)57-39)60-38-21-36(53-9)40(49)30(7)56-38/h12-15,17-19,25-26,28,30-31,33-45,50,52H,11,16,20-24,49H2,1-10H3/b13-12+,27-15+,32-14+/t25?,26-,28-,30-,31-,33+,34-,35-,36-,37-,38-,39-,40+,41+,42-,43+,44-,45+,47+,48+/m0/s1. The molecule has 0 radical (unpaired) electrons. The Balaban J connectivity index is 1.18. The Morgan fingerprint density at radius 3 is 2.35 bits per heavy atom. The van der Waals surface area contributed by atoms with Crippen LogP contribution in [0.5, 0.6) is 0 Å². The van der Waals surface area contributed by atoms with Crippen LogP contribution < -0.4 is 5.73 Å². The molecule has 0 aromatic carbocycles. The van der Waals surface area contributed by atoms with Gasteiger partial charge in [0.1, 0.15) is 35.9 Å². The summed E-state index contributed by atoms with van der Waals surface area (Å²) in [6.45, 7) is 16.3. The molecule has 1 unspecified atom stereocenters. The van der Waals surface area contributed by atoms with Crippen molar-refractivity contribution >= 4 is 5.97 Å². The van der Waals surface area contributed by atoms with Crippen molar-refractivity contribution in [2.75, 3.05) is 20.8 Å². The number of carbonyl (C=O) groups is 1. The molecule has 14 heteroatoms. The number of methoxy groups -OCH3 is 2. The van der Waals surface area contributed by atoms with Crippen molar-refractivity contribution in [3.05, 3.63) is 59.3 Å². The Morgan fingerprint density at radius 1 is 0.919 bits per heavy atom. The molecule has 4 saturated heterocycles. The number of aliphatic hydroxyl groups is 2. The highest BCUT2D eigenvalue weighted by atomic mass is 16.7. The molecule has 20 atom stereocenters. The van der Waals surface area contributed by atoms with E-state index in [1.54, 1.807) is 33.3 Å². The van der Waals surface area contributed by atoms with Gasteiger partial charge in [-0.3, -0.25) is 4.79 Å². The average molecular weight is 872 g/mol. The summed E-state index contributed by atoms with van der Waals surface area (Å²) >= 11 is 0. The summed E-state index contributed by atoms with van der Waals surface area (Å²) in [4.78, 5) is 14.4. The van der Waals surface area contributed by atoms with Crippen LogP contribution in [0, 0.1) is 23.7 Å². The fraction of sp³-hybridized carbons (Fsp3) is 0.771. The van der Waals surface area contributed by atoms with Crippen LogP contribution in [0.3, 0.4) is 0 Å². The second-order valence-corrected chi connectivity index (χ2v) is 19.0. The number of rotatable bonds is 8. The van der Waals surface area contributed by atoms with Crippen LogP contribution in [0.15, 0.2) is 59.3 Å². The maximum atomic E-state index is 14.4. The summed E-state index contributed by atoms with van der Waals surface area (Å²) in [5.41, 5.74) is 6.48. The zero-order valence-electron chi connectivity index (χ0n) is 38.3. The minimum absolute atomic E-state index is 0.0379. The predicted octanol–water partition coefficient (Wildman–Crippen LogP) is 5.34. The van der Waals surface area contributed by atoms with E-state index in [1.165, 1.54) is 0 Å². The van der Waals surface area contributed by atoms with E-state index in [0.29, 0.717) is 43.3 Å². The number of fused-ring (bicyclic) bond motifs is 2. The Labute approximate surface area is 368 Å². The number of aliphatic hydroxyl groups excluding tert-OH is 1. The fourth-order valence-electron chi connectivity index (χ4n) is 10.6. The Hall–Kier alpha value is -2.31. The molecule has 4 N–H and O–H groups in total. The molecule has 6 aliphatic heterocycles. The van der Waals surface area contributed by atoms with Crippen LogP contribution in [-0.4, -0.2) is 134 Å². The molecule has 0 aromatic heterocycles. The van der Waals surface area contributed by atoms with E-state index in [9.17, 15) is 15.0 Å². The molecular formula is C48H73NO13. The number of carbonyl (C=O) groups excluding carboxylic acids is 1. The summed E-state index contributed by atoms with van der Waals surface area (Å²) in [5, 5.41) is 23.7. The van der Waals surface area contributed by atoms with Gasteiger partial charge in [0.2, 0.25) is 0 Å². The molecule has 7 rings (SSSR count). The van der Waals surface area contributed by atoms with Gasteiger partial charge in [-0.05, 0) is 62.8 Å². The summed E-state index contributed by atoms with van der Waals surface area (Å²) in [7, 11) is 3.32. The Bertz CT molecular complexity index is 1730. The van der Waals surface area contributed by atoms with Crippen molar-refractivity contribution < 1.29 is 62.4 Å². The molecule has 2 bridgehead atoms. The van der Waals surface area contributed by atoms with Gasteiger partial charge in [0, 0.05) is 51.7 Å². The Morgan fingerprint density at radius 2 is 1.63 bits per heavy atom. The first kappa shape index (κ1) is 47.6. The van der Waals surface area contributed by atoms with E-state index in [2.05, 4.69) is 46.8 Å². The quantitative estimate of drug-likeness (QED) is 0.211. The smallest absolute Gasteiger partial charge is 0.316 e. The zero-order chi connectivity index (χ0) is 44.7. The molecule has 6 heterocycles. The number of hydrogen-bond acceptors (Lipinski definition) is 14. The van der Waals surface area contributed by atoms with Crippen molar-refractivity contribution in [3.63, 3.8) is 0 Å². The summed E-state index contributed by atoms with van der Waals surface area (Å²) in [6, 6.07) is -0.257. The van der Waals surface area contributed by atoms with E-state index in [4.69, 9.17) is 53.1 Å². The van der Waals surface area contributed by atoms with Crippen LogP contribution >= 0.6 is 0 Å². The third kappa shape index (κ3) is 9.64. The van der Waals surface area contributed by atoms with Crippen LogP contribution in [0.25, 0.3) is 0 Å². The third-order valence-electron chi connectivity index (χ3n) is 14.6. The molecule has 4 fully saturated rings. The van der Waals surface area contributed by atoms with E-state index < -0.39 is 72.5 Å². The van der Waals surface area contributed by atoms with E-state index in [0.717, 1.165) is 12.0 Å². The first-order valence-electron chi connectivity index (χ1n) is 22.9. The second-order valence-electron chi connectivity index (χ2n) is 19.0. The number of hydrogen-bond donors (Lipinski definition) is 3. The van der Waals surface area contributed by atoms with Crippen molar-refractivity contribution in [1.29, 1.82) is 0 Å². The molecule has 62 heavy (non-hydrogen) atoms. The average Bonchev–Trinajstić information content (AvgIpc) is 3.58. The first-order valence-corrected chi connectivity index (χ1v) is 22.9. The summed E-state index contributed by atoms with van der Waals surface area (Å²) in [6.07, 6.45) is 10.2. The number of ether oxygens (including phenoxy) is 10. The molecule has 14 nitrogen and oxygen atoms in total. The monoisotopic (exact) mass is 872 g/mol. The van der Waals surface area contributed by atoms with Gasteiger partial charge < -0.3 is 63.3 Å². The third-order valence-corrected chi connectivity index (χ3v) is 14.6. The van der Waals surface area contributed by atoms with Crippen molar-refractivity contribution in [2.45, 2.75) is 191 Å². The van der Waals surface area contributed by atoms with Crippen molar-refractivity contribution in [3.8, 4) is 0 Å². The topological polar surface area (TPSA) is 176 Å².